The average molecular weight is 918 g/mol. The van der Waals surface area contributed by atoms with Crippen molar-refractivity contribution in [3.8, 4) is 17.2 Å². The molecule has 3 fully saturated rings. The van der Waals surface area contributed by atoms with E-state index in [2.05, 4.69) is 36.4 Å². The Morgan fingerprint density at radius 3 is 2.38 bits per heavy atom. The molecule has 1 unspecified atom stereocenters. The number of hydrogen-bond donors (Lipinski definition) is 5. The van der Waals surface area contributed by atoms with Crippen molar-refractivity contribution in [2.75, 3.05) is 39.4 Å². The summed E-state index contributed by atoms with van der Waals surface area (Å²) in [5.41, 5.74) is 4.53. The molecule has 0 radical (unpaired) electrons. The number of carbonyl (C=O) groups is 2. The van der Waals surface area contributed by atoms with Crippen LogP contribution in [0.5, 0.6) is 17.2 Å². The lowest BCUT2D eigenvalue weighted by molar-refractivity contribution is -0.0336. The fourth-order valence-corrected chi connectivity index (χ4v) is 8.72. The van der Waals surface area contributed by atoms with Crippen LogP contribution in [0.15, 0.2) is 131 Å². The molecule has 3 saturated heterocycles. The number of hydrogen-bond acceptors (Lipinski definition) is 11. The molecule has 3 atom stereocenters. The molecule has 6 aromatic rings. The number of H-pyrrole nitrogens is 1. The molecule has 63 heavy (non-hydrogen) atoms. The van der Waals surface area contributed by atoms with Crippen LogP contribution in [0.25, 0.3) is 10.9 Å². The number of aromatic amines is 1. The van der Waals surface area contributed by atoms with E-state index in [-0.39, 0.29) is 49.3 Å². The fourth-order valence-electron chi connectivity index (χ4n) is 8.18. The van der Waals surface area contributed by atoms with E-state index < -0.39 is 24.2 Å². The van der Waals surface area contributed by atoms with Gasteiger partial charge in [-0.3, -0.25) is 9.69 Å². The molecule has 5 N–H and O–H groups in total. The molecule has 3 aliphatic rings. The maximum Gasteiger partial charge on any atom is 0.408 e. The summed E-state index contributed by atoms with van der Waals surface area (Å²) < 4.78 is 24.2. The number of esters is 1. The minimum absolute atomic E-state index is 0.0454. The van der Waals surface area contributed by atoms with Gasteiger partial charge in [0.25, 0.3) is 0 Å². The van der Waals surface area contributed by atoms with Gasteiger partial charge >= 0.3 is 12.1 Å². The topological polar surface area (TPSA) is 172 Å². The third kappa shape index (κ3) is 11.1. The number of phenolic OH excluding ortho intramolecular Hbond substituents is 1. The predicted molar refractivity (Wildman–Crippen MR) is 241 cm³/mol. The Morgan fingerprint density at radius 1 is 0.841 bits per heavy atom. The van der Waals surface area contributed by atoms with Crippen molar-refractivity contribution in [1.29, 1.82) is 0 Å². The summed E-state index contributed by atoms with van der Waals surface area (Å²) in [5.74, 6) is 1.10. The van der Waals surface area contributed by atoms with E-state index in [1.54, 1.807) is 24.3 Å². The van der Waals surface area contributed by atoms with Crippen LogP contribution in [0.2, 0.25) is 0 Å². The molecule has 13 nitrogen and oxygen atoms in total. The lowest BCUT2D eigenvalue weighted by Crippen LogP contribution is -2.52. The van der Waals surface area contributed by atoms with Gasteiger partial charge in [-0.25, -0.2) is 9.59 Å². The number of amides is 1. The van der Waals surface area contributed by atoms with Gasteiger partial charge in [0.05, 0.1) is 27.7 Å². The van der Waals surface area contributed by atoms with E-state index in [4.69, 9.17) is 18.9 Å². The van der Waals surface area contributed by atoms with Gasteiger partial charge in [-0.1, -0.05) is 66.7 Å². The van der Waals surface area contributed by atoms with Crippen LogP contribution in [0, 0.1) is 5.92 Å². The largest absolute Gasteiger partial charge is 0.506 e. The lowest BCUT2D eigenvalue weighted by Gasteiger charge is -2.43. The number of phenols is 1. The van der Waals surface area contributed by atoms with E-state index in [1.165, 1.54) is 12.1 Å². The third-order valence-electron chi connectivity index (χ3n) is 11.5. The number of aromatic hydroxyl groups is 1. The molecule has 2 bridgehead atoms. The van der Waals surface area contributed by atoms with Gasteiger partial charge < -0.3 is 44.8 Å². The zero-order valence-corrected chi connectivity index (χ0v) is 36.1. The van der Waals surface area contributed by atoms with Crippen molar-refractivity contribution < 1.29 is 38.7 Å². The number of ether oxygens (including phenoxy) is 4. The Morgan fingerprint density at radius 2 is 1.62 bits per heavy atom. The Labute approximate surface area is 373 Å². The van der Waals surface area contributed by atoms with Gasteiger partial charge in [0.15, 0.2) is 0 Å². The minimum atomic E-state index is -0.878. The smallest absolute Gasteiger partial charge is 0.408 e. The Balaban J connectivity index is 0.773. The first kappa shape index (κ1) is 43.5. The number of rotatable bonds is 17. The predicted octanol–water partition coefficient (Wildman–Crippen LogP) is 7.54. The zero-order chi connectivity index (χ0) is 43.7. The van der Waals surface area contributed by atoms with Crippen molar-refractivity contribution in [3.05, 3.63) is 170 Å². The molecule has 326 valence electrons. The molecule has 9 rings (SSSR count). The highest BCUT2D eigenvalue weighted by molar-refractivity contribution is 9.10. The van der Waals surface area contributed by atoms with Gasteiger partial charge in [-0.05, 0) is 124 Å². The first-order chi connectivity index (χ1) is 30.7. The SMILES string of the molecule is O=C(NC(c1ccccc1)c1cccc(OCc2ccc(C(=O)OCCOc3ccc(CNC[C@@H](O)c4ccc(O)c5[nH]c(=O)ccc45)cc3Br)cc2)c1)O[C@H]1CN2CCC1CC2. The highest BCUT2D eigenvalue weighted by Gasteiger charge is 2.37. The number of pyridine rings is 1. The second-order valence-electron chi connectivity index (χ2n) is 15.8. The number of piperidine rings is 3. The maximum atomic E-state index is 13.2. The number of halogens is 1. The number of carbonyl (C=O) groups excluding carboxylic acids is 2. The number of nitrogens with zero attached hydrogens (tertiary/aromatic N) is 1. The van der Waals surface area contributed by atoms with Crippen LogP contribution >= 0.6 is 15.9 Å². The van der Waals surface area contributed by atoms with E-state index in [0.717, 1.165) is 59.2 Å². The second kappa shape index (κ2) is 20.3. The van der Waals surface area contributed by atoms with Gasteiger partial charge in [0.2, 0.25) is 5.56 Å². The van der Waals surface area contributed by atoms with Crippen LogP contribution in [-0.2, 0) is 22.6 Å². The molecule has 4 heterocycles. The lowest BCUT2D eigenvalue weighted by atomic mass is 9.86. The number of alkyl carbamates (subject to hydrolysis) is 1. The monoisotopic (exact) mass is 916 g/mol. The van der Waals surface area contributed by atoms with Crippen molar-refractivity contribution >= 4 is 38.9 Å². The van der Waals surface area contributed by atoms with E-state index >= 15 is 0 Å². The van der Waals surface area contributed by atoms with Gasteiger partial charge in [0, 0.05) is 31.1 Å². The van der Waals surface area contributed by atoms with Gasteiger partial charge in [-0.15, -0.1) is 0 Å². The Kier molecular flexibility index (Phi) is 14.0. The highest BCUT2D eigenvalue weighted by atomic mass is 79.9. The van der Waals surface area contributed by atoms with Crippen LogP contribution in [0.3, 0.4) is 0 Å². The van der Waals surface area contributed by atoms with Crippen molar-refractivity contribution in [1.82, 2.24) is 20.5 Å². The van der Waals surface area contributed by atoms with Crippen LogP contribution < -0.4 is 25.7 Å². The van der Waals surface area contributed by atoms with Crippen LogP contribution in [0.1, 0.15) is 63.2 Å². The number of aliphatic hydroxyl groups excluding tert-OH is 1. The highest BCUT2D eigenvalue weighted by Crippen LogP contribution is 2.32. The summed E-state index contributed by atoms with van der Waals surface area (Å²) in [4.78, 5) is 42.8. The molecule has 5 aromatic carbocycles. The molecule has 0 spiro atoms. The summed E-state index contributed by atoms with van der Waals surface area (Å²) in [5, 5.41) is 27.9. The quantitative estimate of drug-likeness (QED) is 0.0452. The first-order valence-corrected chi connectivity index (χ1v) is 21.8. The summed E-state index contributed by atoms with van der Waals surface area (Å²) in [7, 11) is 0. The molecular weight excluding hydrogens is 868 g/mol. The molecule has 0 aliphatic carbocycles. The van der Waals surface area contributed by atoms with Crippen LogP contribution in [0.4, 0.5) is 4.79 Å². The number of nitrogens with one attached hydrogen (secondary N) is 3. The van der Waals surface area contributed by atoms with Gasteiger partial charge in [0.1, 0.15) is 43.2 Å². The second-order valence-corrected chi connectivity index (χ2v) is 16.7. The van der Waals surface area contributed by atoms with Crippen LogP contribution in [-0.4, -0.2) is 77.7 Å². The zero-order valence-electron chi connectivity index (χ0n) is 34.5. The molecule has 0 saturated carbocycles. The Hall–Kier alpha value is -6.19. The molecular formula is C49H49BrN4O9. The summed E-state index contributed by atoms with van der Waals surface area (Å²) in [6.07, 6.45) is 0.722. The summed E-state index contributed by atoms with van der Waals surface area (Å²) >= 11 is 3.55. The normalized spacial score (nSPS) is 17.7. The minimum Gasteiger partial charge on any atom is -0.506 e. The maximum absolute atomic E-state index is 13.2. The first-order valence-electron chi connectivity index (χ1n) is 21.0. The third-order valence-corrected chi connectivity index (χ3v) is 12.2. The fraction of sp³-hybridized carbons (Fsp3) is 0.286. The van der Waals surface area contributed by atoms with E-state index in [9.17, 15) is 24.6 Å². The molecule has 3 aliphatic heterocycles. The van der Waals surface area contributed by atoms with Crippen molar-refractivity contribution in [2.45, 2.75) is 44.2 Å². The van der Waals surface area contributed by atoms with E-state index in [0.29, 0.717) is 40.5 Å². The molecule has 1 aromatic heterocycles. The standard InChI is InChI=1S/C49H49BrN4O9/c50-40-25-32(27-51-28-42(56)38-14-16-41(55)47-39(38)15-18-45(57)52-47)11-17-43(40)60-23-24-61-48(58)35-12-9-31(10-13-35)30-62-37-8-4-7-36(26-37)46(34-5-2-1-3-6-34)53-49(59)63-44-29-54-21-19-33(44)20-22-54/h1-18,25-26,33,42,44,46,51,55-56H,19-24,27-30H2,(H,52,57)(H,53,59)/t42-,44+,46?/m1/s1. The summed E-state index contributed by atoms with van der Waals surface area (Å²) in [6, 6.07) is 35.7. The van der Waals surface area contributed by atoms with Crippen molar-refractivity contribution in [2.24, 2.45) is 5.92 Å². The number of benzene rings is 5. The molecule has 1 amide bonds. The molecule has 14 heteroatoms. The Bertz CT molecular complexity index is 2580. The number of fused-ring (bicyclic) bond motifs is 4. The van der Waals surface area contributed by atoms with E-state index in [1.807, 2.05) is 84.9 Å². The van der Waals surface area contributed by atoms with Gasteiger partial charge in [-0.2, -0.15) is 0 Å². The number of aromatic nitrogens is 1. The average Bonchev–Trinajstić information content (AvgIpc) is 3.30. The summed E-state index contributed by atoms with van der Waals surface area (Å²) in [6.45, 7) is 4.09. The number of aliphatic hydroxyl groups is 1. The van der Waals surface area contributed by atoms with Crippen molar-refractivity contribution in [3.63, 3.8) is 0 Å².